The number of carbonyl (C=O) groups is 2. The summed E-state index contributed by atoms with van der Waals surface area (Å²) in [5, 5.41) is 5.83. The van der Waals surface area contributed by atoms with Crippen molar-refractivity contribution in [2.45, 2.75) is 24.9 Å². The van der Waals surface area contributed by atoms with Gasteiger partial charge in [0, 0.05) is 25.3 Å². The van der Waals surface area contributed by atoms with E-state index in [1.54, 1.807) is 17.0 Å². The van der Waals surface area contributed by atoms with E-state index < -0.39 is 5.54 Å². The number of nitrogens with zero attached hydrogens (tertiary/aromatic N) is 2. The average molecular weight is 382 g/mol. The molecule has 2 saturated heterocycles. The molecule has 2 fully saturated rings. The number of hydrogen-bond acceptors (Lipinski definition) is 3. The van der Waals surface area contributed by atoms with E-state index >= 15 is 0 Å². The average Bonchev–Trinajstić information content (AvgIpc) is 3.04. The van der Waals surface area contributed by atoms with Crippen LogP contribution in [-0.2, 0) is 11.3 Å². The topological polar surface area (TPSA) is 64.7 Å². The normalized spacial score (nSPS) is 18.2. The zero-order valence-electron chi connectivity index (χ0n) is 15.5. The Balaban J connectivity index is 1.38. The minimum absolute atomic E-state index is 0.0303. The molecule has 2 N–H and O–H groups in total. The van der Waals surface area contributed by atoms with Gasteiger partial charge in [-0.25, -0.2) is 9.18 Å². The number of carbonyl (C=O) groups excluding carboxylic acids is 2. The third kappa shape index (κ3) is 3.40. The second-order valence-electron chi connectivity index (χ2n) is 7.23. The van der Waals surface area contributed by atoms with Crippen LogP contribution in [0.1, 0.15) is 18.4 Å². The molecule has 0 aliphatic carbocycles. The Morgan fingerprint density at radius 2 is 1.75 bits per heavy atom. The first-order chi connectivity index (χ1) is 13.6. The van der Waals surface area contributed by atoms with Crippen molar-refractivity contribution >= 4 is 17.6 Å². The lowest BCUT2D eigenvalue weighted by Crippen LogP contribution is -2.58. The number of piperidine rings is 1. The Morgan fingerprint density at radius 3 is 2.43 bits per heavy atom. The molecule has 0 saturated carbocycles. The van der Waals surface area contributed by atoms with Gasteiger partial charge in [-0.15, -0.1) is 0 Å². The molecule has 3 amide bonds. The lowest BCUT2D eigenvalue weighted by Gasteiger charge is -2.43. The maximum Gasteiger partial charge on any atom is 0.317 e. The van der Waals surface area contributed by atoms with Crippen molar-refractivity contribution in [3.8, 4) is 0 Å². The van der Waals surface area contributed by atoms with Gasteiger partial charge in [0.2, 0.25) is 5.91 Å². The summed E-state index contributed by atoms with van der Waals surface area (Å²) in [5.41, 5.74) is 1.25. The van der Waals surface area contributed by atoms with Crippen molar-refractivity contribution in [3.05, 3.63) is 66.0 Å². The summed E-state index contributed by atoms with van der Waals surface area (Å²) in [4.78, 5) is 29.0. The van der Waals surface area contributed by atoms with E-state index in [9.17, 15) is 14.0 Å². The standard InChI is InChI=1S/C21H23FN4O2/c22-17-8-6-16(7-9-17)14-23-20(28)25-12-10-21(11-13-25)19(27)24-15-26(21)18-4-2-1-3-5-18/h1-9H,10-15H2,(H,23,28)(H,24,27). The van der Waals surface area contributed by atoms with E-state index in [0.717, 1.165) is 11.3 Å². The molecule has 0 bridgehead atoms. The summed E-state index contributed by atoms with van der Waals surface area (Å²) >= 11 is 0. The van der Waals surface area contributed by atoms with Gasteiger partial charge >= 0.3 is 6.03 Å². The number of rotatable bonds is 3. The van der Waals surface area contributed by atoms with Crippen molar-refractivity contribution in [2.24, 2.45) is 0 Å². The Labute approximate surface area is 163 Å². The minimum atomic E-state index is -0.602. The molecule has 6 nitrogen and oxygen atoms in total. The highest BCUT2D eigenvalue weighted by Gasteiger charge is 2.50. The molecule has 0 radical (unpaired) electrons. The predicted octanol–water partition coefficient (Wildman–Crippen LogP) is 2.46. The second-order valence-corrected chi connectivity index (χ2v) is 7.23. The summed E-state index contributed by atoms with van der Waals surface area (Å²) in [6, 6.07) is 15.8. The van der Waals surface area contributed by atoms with Crippen LogP contribution in [0.4, 0.5) is 14.9 Å². The molecule has 4 rings (SSSR count). The first kappa shape index (κ1) is 18.3. The van der Waals surface area contributed by atoms with Gasteiger partial charge in [0.25, 0.3) is 0 Å². The van der Waals surface area contributed by atoms with Crippen LogP contribution in [0.3, 0.4) is 0 Å². The predicted molar refractivity (Wildman–Crippen MR) is 104 cm³/mol. The van der Waals surface area contributed by atoms with Crippen LogP contribution in [0.15, 0.2) is 54.6 Å². The van der Waals surface area contributed by atoms with Gasteiger partial charge in [-0.1, -0.05) is 30.3 Å². The summed E-state index contributed by atoms with van der Waals surface area (Å²) in [6.45, 7) is 1.84. The molecule has 7 heteroatoms. The maximum atomic E-state index is 13.0. The van der Waals surface area contributed by atoms with Crippen LogP contribution in [-0.4, -0.2) is 42.1 Å². The molecule has 2 heterocycles. The maximum absolute atomic E-state index is 13.0. The van der Waals surface area contributed by atoms with Crippen LogP contribution < -0.4 is 15.5 Å². The molecule has 0 unspecified atom stereocenters. The van der Waals surface area contributed by atoms with Gasteiger partial charge in [0.1, 0.15) is 11.4 Å². The molecular formula is C21H23FN4O2. The Kier molecular flexibility index (Phi) is 4.90. The van der Waals surface area contributed by atoms with E-state index in [4.69, 9.17) is 0 Å². The molecule has 0 aromatic heterocycles. The monoisotopic (exact) mass is 382 g/mol. The lowest BCUT2D eigenvalue weighted by atomic mass is 9.85. The zero-order valence-corrected chi connectivity index (χ0v) is 15.5. The van der Waals surface area contributed by atoms with Crippen molar-refractivity contribution < 1.29 is 14.0 Å². The quantitative estimate of drug-likeness (QED) is 0.857. The first-order valence-electron chi connectivity index (χ1n) is 9.47. The number of urea groups is 1. The molecule has 1 spiro atoms. The minimum Gasteiger partial charge on any atom is -0.339 e. The van der Waals surface area contributed by atoms with Crippen molar-refractivity contribution in [3.63, 3.8) is 0 Å². The van der Waals surface area contributed by atoms with E-state index in [1.807, 2.05) is 30.3 Å². The van der Waals surface area contributed by atoms with E-state index in [0.29, 0.717) is 39.1 Å². The number of likely N-dealkylation sites (tertiary alicyclic amines) is 1. The summed E-state index contributed by atoms with van der Waals surface area (Å²) in [7, 11) is 0. The molecular weight excluding hydrogens is 359 g/mol. The van der Waals surface area contributed by atoms with Crippen molar-refractivity contribution in [2.75, 3.05) is 24.7 Å². The fourth-order valence-electron chi connectivity index (χ4n) is 4.00. The van der Waals surface area contributed by atoms with Gasteiger partial charge in [-0.3, -0.25) is 4.79 Å². The molecule has 0 atom stereocenters. The van der Waals surface area contributed by atoms with Gasteiger partial charge in [0.05, 0.1) is 6.67 Å². The van der Waals surface area contributed by atoms with Crippen molar-refractivity contribution in [1.82, 2.24) is 15.5 Å². The van der Waals surface area contributed by atoms with Gasteiger partial charge in [0.15, 0.2) is 0 Å². The second kappa shape index (κ2) is 7.50. The number of nitrogens with one attached hydrogen (secondary N) is 2. The summed E-state index contributed by atoms with van der Waals surface area (Å²) in [6.07, 6.45) is 1.16. The SMILES string of the molecule is O=C(NCc1ccc(F)cc1)N1CCC2(CC1)C(=O)NCN2c1ccccc1. The van der Waals surface area contributed by atoms with Gasteiger partial charge in [-0.2, -0.15) is 0 Å². The number of para-hydroxylation sites is 1. The highest BCUT2D eigenvalue weighted by molar-refractivity contribution is 5.93. The van der Waals surface area contributed by atoms with Crippen LogP contribution in [0.25, 0.3) is 0 Å². The lowest BCUT2D eigenvalue weighted by molar-refractivity contribution is -0.124. The summed E-state index contributed by atoms with van der Waals surface area (Å²) < 4.78 is 13.0. The Hall–Kier alpha value is -3.09. The molecule has 28 heavy (non-hydrogen) atoms. The largest absolute Gasteiger partial charge is 0.339 e. The van der Waals surface area contributed by atoms with Crippen LogP contribution in [0, 0.1) is 5.82 Å². The first-order valence-corrected chi connectivity index (χ1v) is 9.47. The smallest absolute Gasteiger partial charge is 0.317 e. The number of hydrogen-bond donors (Lipinski definition) is 2. The van der Waals surface area contributed by atoms with Gasteiger partial charge < -0.3 is 20.4 Å². The van der Waals surface area contributed by atoms with Gasteiger partial charge in [-0.05, 0) is 42.7 Å². The van der Waals surface area contributed by atoms with E-state index in [1.165, 1.54) is 12.1 Å². The van der Waals surface area contributed by atoms with E-state index in [-0.39, 0.29) is 17.8 Å². The third-order valence-corrected chi connectivity index (χ3v) is 5.64. The fraction of sp³-hybridized carbons (Fsp3) is 0.333. The van der Waals surface area contributed by atoms with E-state index in [2.05, 4.69) is 15.5 Å². The zero-order chi connectivity index (χ0) is 19.6. The summed E-state index contributed by atoms with van der Waals surface area (Å²) in [5.74, 6) is -0.267. The molecule has 146 valence electrons. The highest BCUT2D eigenvalue weighted by Crippen LogP contribution is 2.36. The molecule has 2 aromatic rings. The Bertz CT molecular complexity index is 848. The molecule has 2 aliphatic rings. The number of anilines is 1. The highest BCUT2D eigenvalue weighted by atomic mass is 19.1. The van der Waals surface area contributed by atoms with Crippen molar-refractivity contribution in [1.29, 1.82) is 0 Å². The third-order valence-electron chi connectivity index (χ3n) is 5.64. The van der Waals surface area contributed by atoms with Crippen LogP contribution in [0.2, 0.25) is 0 Å². The number of benzene rings is 2. The Morgan fingerprint density at radius 1 is 1.07 bits per heavy atom. The number of halogens is 1. The molecule has 2 aromatic carbocycles. The molecule has 2 aliphatic heterocycles. The fourth-order valence-corrected chi connectivity index (χ4v) is 4.00. The van der Waals surface area contributed by atoms with Crippen LogP contribution >= 0.6 is 0 Å². The number of amides is 3. The van der Waals surface area contributed by atoms with Crippen LogP contribution in [0.5, 0.6) is 0 Å².